The lowest BCUT2D eigenvalue weighted by Gasteiger charge is -2.26. The fourth-order valence-corrected chi connectivity index (χ4v) is 2.34. The van der Waals surface area contributed by atoms with Gasteiger partial charge in [0.15, 0.2) is 0 Å². The monoisotopic (exact) mass is 185 g/mol. The van der Waals surface area contributed by atoms with Gasteiger partial charge in [-0.15, -0.1) is 0 Å². The molecule has 0 aliphatic heterocycles. The van der Waals surface area contributed by atoms with Crippen molar-refractivity contribution in [1.82, 2.24) is 4.90 Å². The first-order valence-electron chi connectivity index (χ1n) is 5.29. The summed E-state index contributed by atoms with van der Waals surface area (Å²) in [5.41, 5.74) is 0.512. The standard InChI is InChI=1S/C11H23NO/c1-9(13)8-12(4)10-5-6-11(2,3)7-10/h9-10,13H,5-8H2,1-4H3/t9-,10?/m1/s1. The number of hydrogen-bond acceptors (Lipinski definition) is 2. The van der Waals surface area contributed by atoms with Gasteiger partial charge in [0, 0.05) is 12.6 Å². The lowest BCUT2D eigenvalue weighted by Crippen LogP contribution is -2.35. The van der Waals surface area contributed by atoms with Crippen LogP contribution in [0.5, 0.6) is 0 Å². The number of aliphatic hydroxyl groups is 1. The molecule has 0 amide bonds. The Morgan fingerprint density at radius 3 is 2.54 bits per heavy atom. The molecule has 1 saturated carbocycles. The topological polar surface area (TPSA) is 23.5 Å². The second-order valence-electron chi connectivity index (χ2n) is 5.35. The molecule has 2 heteroatoms. The van der Waals surface area contributed by atoms with Gasteiger partial charge in [-0.25, -0.2) is 0 Å². The normalized spacial score (nSPS) is 29.5. The Morgan fingerprint density at radius 2 is 2.15 bits per heavy atom. The Kier molecular flexibility index (Phi) is 3.36. The van der Waals surface area contributed by atoms with Gasteiger partial charge in [-0.05, 0) is 38.6 Å². The van der Waals surface area contributed by atoms with Crippen molar-refractivity contribution in [2.75, 3.05) is 13.6 Å². The highest BCUT2D eigenvalue weighted by atomic mass is 16.3. The maximum atomic E-state index is 9.27. The van der Waals surface area contributed by atoms with E-state index in [0.717, 1.165) is 6.54 Å². The van der Waals surface area contributed by atoms with E-state index in [9.17, 15) is 5.11 Å². The Balaban J connectivity index is 2.37. The predicted molar refractivity (Wildman–Crippen MR) is 55.7 cm³/mol. The number of aliphatic hydroxyl groups excluding tert-OH is 1. The molecule has 0 saturated heterocycles. The van der Waals surface area contributed by atoms with Crippen LogP contribution in [-0.4, -0.2) is 35.7 Å². The van der Waals surface area contributed by atoms with E-state index in [2.05, 4.69) is 25.8 Å². The summed E-state index contributed by atoms with van der Waals surface area (Å²) in [5.74, 6) is 0. The smallest absolute Gasteiger partial charge is 0.0639 e. The highest BCUT2D eigenvalue weighted by molar-refractivity contribution is 4.87. The highest BCUT2D eigenvalue weighted by Gasteiger charge is 2.32. The number of likely N-dealkylation sites (N-methyl/N-ethyl adjacent to an activating group) is 1. The van der Waals surface area contributed by atoms with Crippen LogP contribution in [0.2, 0.25) is 0 Å². The lowest BCUT2D eigenvalue weighted by molar-refractivity contribution is 0.115. The molecular weight excluding hydrogens is 162 g/mol. The zero-order valence-corrected chi connectivity index (χ0v) is 9.38. The van der Waals surface area contributed by atoms with Crippen molar-refractivity contribution in [2.24, 2.45) is 5.41 Å². The van der Waals surface area contributed by atoms with E-state index in [1.807, 2.05) is 6.92 Å². The number of nitrogens with zero attached hydrogens (tertiary/aromatic N) is 1. The molecule has 1 fully saturated rings. The van der Waals surface area contributed by atoms with Crippen LogP contribution in [0.15, 0.2) is 0 Å². The molecule has 1 aliphatic rings. The molecule has 78 valence electrons. The maximum absolute atomic E-state index is 9.27. The minimum Gasteiger partial charge on any atom is -0.392 e. The summed E-state index contributed by atoms with van der Waals surface area (Å²) < 4.78 is 0. The molecule has 0 aromatic heterocycles. The zero-order valence-electron chi connectivity index (χ0n) is 9.38. The first-order valence-corrected chi connectivity index (χ1v) is 5.29. The average molecular weight is 185 g/mol. The van der Waals surface area contributed by atoms with Crippen LogP contribution in [0.3, 0.4) is 0 Å². The second-order valence-corrected chi connectivity index (χ2v) is 5.35. The van der Waals surface area contributed by atoms with E-state index < -0.39 is 0 Å². The van der Waals surface area contributed by atoms with Crippen LogP contribution in [0.4, 0.5) is 0 Å². The van der Waals surface area contributed by atoms with Crippen molar-refractivity contribution in [1.29, 1.82) is 0 Å². The van der Waals surface area contributed by atoms with E-state index in [0.29, 0.717) is 11.5 Å². The molecule has 1 rings (SSSR count). The van der Waals surface area contributed by atoms with E-state index in [1.165, 1.54) is 19.3 Å². The average Bonchev–Trinajstić information content (AvgIpc) is 2.28. The summed E-state index contributed by atoms with van der Waals surface area (Å²) in [7, 11) is 2.12. The van der Waals surface area contributed by atoms with Gasteiger partial charge in [0.2, 0.25) is 0 Å². The Morgan fingerprint density at radius 1 is 1.54 bits per heavy atom. The van der Waals surface area contributed by atoms with Crippen LogP contribution >= 0.6 is 0 Å². The molecule has 1 N–H and O–H groups in total. The number of hydrogen-bond donors (Lipinski definition) is 1. The van der Waals surface area contributed by atoms with Crippen LogP contribution in [0.25, 0.3) is 0 Å². The molecule has 0 bridgehead atoms. The summed E-state index contributed by atoms with van der Waals surface area (Å²) in [4.78, 5) is 2.30. The fourth-order valence-electron chi connectivity index (χ4n) is 2.34. The molecular formula is C11H23NO. The predicted octanol–water partition coefficient (Wildman–Crippen LogP) is 1.88. The van der Waals surface area contributed by atoms with Crippen molar-refractivity contribution in [3.63, 3.8) is 0 Å². The van der Waals surface area contributed by atoms with Crippen LogP contribution < -0.4 is 0 Å². The number of rotatable bonds is 3. The third-order valence-corrected chi connectivity index (χ3v) is 3.12. The molecule has 0 aromatic carbocycles. The Hall–Kier alpha value is -0.0800. The van der Waals surface area contributed by atoms with E-state index in [-0.39, 0.29) is 6.10 Å². The van der Waals surface area contributed by atoms with Gasteiger partial charge in [0.25, 0.3) is 0 Å². The van der Waals surface area contributed by atoms with Gasteiger partial charge in [0.05, 0.1) is 6.10 Å². The Labute approximate surface area is 81.9 Å². The van der Waals surface area contributed by atoms with E-state index >= 15 is 0 Å². The minimum absolute atomic E-state index is 0.200. The summed E-state index contributed by atoms with van der Waals surface area (Å²) in [5, 5.41) is 9.27. The van der Waals surface area contributed by atoms with Crippen LogP contribution in [0.1, 0.15) is 40.0 Å². The molecule has 2 nitrogen and oxygen atoms in total. The first kappa shape index (κ1) is 11.0. The third kappa shape index (κ3) is 3.28. The highest BCUT2D eigenvalue weighted by Crippen LogP contribution is 2.38. The quantitative estimate of drug-likeness (QED) is 0.725. The van der Waals surface area contributed by atoms with Crippen molar-refractivity contribution in [3.05, 3.63) is 0 Å². The summed E-state index contributed by atoms with van der Waals surface area (Å²) in [6.45, 7) is 7.34. The molecule has 13 heavy (non-hydrogen) atoms. The summed E-state index contributed by atoms with van der Waals surface area (Å²) in [6.07, 6.45) is 3.68. The van der Waals surface area contributed by atoms with Gasteiger partial charge < -0.3 is 10.0 Å². The SMILES string of the molecule is C[C@@H](O)CN(C)C1CCC(C)(C)C1. The van der Waals surface area contributed by atoms with Gasteiger partial charge in [-0.2, -0.15) is 0 Å². The Bertz CT molecular complexity index is 165. The molecule has 0 heterocycles. The summed E-state index contributed by atoms with van der Waals surface area (Å²) >= 11 is 0. The largest absolute Gasteiger partial charge is 0.392 e. The van der Waals surface area contributed by atoms with Crippen molar-refractivity contribution < 1.29 is 5.11 Å². The molecule has 0 radical (unpaired) electrons. The molecule has 1 aliphatic carbocycles. The van der Waals surface area contributed by atoms with Gasteiger partial charge in [-0.3, -0.25) is 0 Å². The summed E-state index contributed by atoms with van der Waals surface area (Å²) in [6, 6.07) is 0.685. The molecule has 2 atom stereocenters. The third-order valence-electron chi connectivity index (χ3n) is 3.12. The second kappa shape index (κ2) is 3.97. The van der Waals surface area contributed by atoms with Crippen LogP contribution in [-0.2, 0) is 0 Å². The van der Waals surface area contributed by atoms with Gasteiger partial charge >= 0.3 is 0 Å². The molecule has 0 spiro atoms. The van der Waals surface area contributed by atoms with Crippen molar-refractivity contribution >= 4 is 0 Å². The van der Waals surface area contributed by atoms with E-state index in [1.54, 1.807) is 0 Å². The van der Waals surface area contributed by atoms with Crippen molar-refractivity contribution in [3.8, 4) is 0 Å². The lowest BCUT2D eigenvalue weighted by atomic mass is 9.91. The minimum atomic E-state index is -0.200. The van der Waals surface area contributed by atoms with Crippen LogP contribution in [0, 0.1) is 5.41 Å². The first-order chi connectivity index (χ1) is 5.91. The van der Waals surface area contributed by atoms with Crippen molar-refractivity contribution in [2.45, 2.75) is 52.2 Å². The molecule has 1 unspecified atom stereocenters. The van der Waals surface area contributed by atoms with Gasteiger partial charge in [0.1, 0.15) is 0 Å². The van der Waals surface area contributed by atoms with Gasteiger partial charge in [-0.1, -0.05) is 13.8 Å². The maximum Gasteiger partial charge on any atom is 0.0639 e. The fraction of sp³-hybridized carbons (Fsp3) is 1.00. The molecule has 0 aromatic rings. The zero-order chi connectivity index (χ0) is 10.1. The van der Waals surface area contributed by atoms with E-state index in [4.69, 9.17) is 0 Å².